The van der Waals surface area contributed by atoms with E-state index in [1.54, 1.807) is 0 Å². The smallest absolute Gasteiger partial charge is 0.233 e. The summed E-state index contributed by atoms with van der Waals surface area (Å²) in [5.41, 5.74) is 6.40. The number of carbonyl (C=O) groups excluding carboxylic acids is 1. The van der Waals surface area contributed by atoms with Crippen molar-refractivity contribution < 1.29 is 4.79 Å². The van der Waals surface area contributed by atoms with Gasteiger partial charge in [0.2, 0.25) is 5.91 Å². The molecule has 0 spiro atoms. The van der Waals surface area contributed by atoms with E-state index in [9.17, 15) is 4.79 Å². The number of benzene rings is 2. The Labute approximate surface area is 113 Å². The Bertz CT molecular complexity index is 590. The Morgan fingerprint density at radius 2 is 1.84 bits per heavy atom. The summed E-state index contributed by atoms with van der Waals surface area (Å²) in [5.74, 6) is -0.117. The molecule has 2 aromatic carbocycles. The summed E-state index contributed by atoms with van der Waals surface area (Å²) in [4.78, 5) is 11.3. The highest BCUT2D eigenvalue weighted by Crippen LogP contribution is 2.26. The van der Waals surface area contributed by atoms with Gasteiger partial charge in [-0.05, 0) is 16.3 Å². The summed E-state index contributed by atoms with van der Waals surface area (Å²) in [6, 6.07) is 14.7. The van der Waals surface area contributed by atoms with Crippen LogP contribution in [0.2, 0.25) is 0 Å². The molecule has 3 nitrogen and oxygen atoms in total. The summed E-state index contributed by atoms with van der Waals surface area (Å²) in [6.45, 7) is 4.86. The van der Waals surface area contributed by atoms with E-state index in [0.717, 1.165) is 0 Å². The van der Waals surface area contributed by atoms with E-state index in [0.29, 0.717) is 6.54 Å². The van der Waals surface area contributed by atoms with Crippen molar-refractivity contribution in [2.75, 3.05) is 13.1 Å². The average molecular weight is 256 g/mol. The maximum Gasteiger partial charge on any atom is 0.233 e. The van der Waals surface area contributed by atoms with Crippen LogP contribution in [0, 0.1) is 0 Å². The van der Waals surface area contributed by atoms with Crippen LogP contribution in [0.1, 0.15) is 19.4 Å². The van der Waals surface area contributed by atoms with Gasteiger partial charge in [0, 0.05) is 12.0 Å². The third-order valence-corrected chi connectivity index (χ3v) is 3.44. The first kappa shape index (κ1) is 13.6. The Morgan fingerprint density at radius 1 is 1.16 bits per heavy atom. The second-order valence-corrected chi connectivity index (χ2v) is 5.43. The first-order valence-corrected chi connectivity index (χ1v) is 6.49. The van der Waals surface area contributed by atoms with Crippen LogP contribution in [0.25, 0.3) is 10.8 Å². The Kier molecular flexibility index (Phi) is 3.86. The highest BCUT2D eigenvalue weighted by atomic mass is 16.1. The fourth-order valence-electron chi connectivity index (χ4n) is 2.10. The van der Waals surface area contributed by atoms with Crippen molar-refractivity contribution in [3.05, 3.63) is 48.0 Å². The minimum atomic E-state index is -0.117. The summed E-state index contributed by atoms with van der Waals surface area (Å²) in [5, 5.41) is 5.31. The number of fused-ring (bicyclic) bond motifs is 1. The Hall–Kier alpha value is -1.87. The lowest BCUT2D eigenvalue weighted by Crippen LogP contribution is -2.39. The molecule has 0 aliphatic carbocycles. The van der Waals surface area contributed by atoms with Gasteiger partial charge in [-0.2, -0.15) is 0 Å². The van der Waals surface area contributed by atoms with Gasteiger partial charge in [0.15, 0.2) is 0 Å². The monoisotopic (exact) mass is 256 g/mol. The molecule has 2 aromatic rings. The first-order valence-electron chi connectivity index (χ1n) is 6.49. The molecule has 0 atom stereocenters. The van der Waals surface area contributed by atoms with Gasteiger partial charge in [0.05, 0.1) is 6.54 Å². The van der Waals surface area contributed by atoms with Crippen molar-refractivity contribution in [1.29, 1.82) is 0 Å². The van der Waals surface area contributed by atoms with E-state index < -0.39 is 0 Å². The van der Waals surface area contributed by atoms with Gasteiger partial charge < -0.3 is 11.1 Å². The fourth-order valence-corrected chi connectivity index (χ4v) is 2.10. The minimum Gasteiger partial charge on any atom is -0.354 e. The molecule has 0 heterocycles. The van der Waals surface area contributed by atoms with Crippen molar-refractivity contribution in [2.24, 2.45) is 5.73 Å². The summed E-state index contributed by atoms with van der Waals surface area (Å²) in [6.07, 6.45) is 0. The maximum atomic E-state index is 11.3. The SMILES string of the molecule is CC(C)(CNC(=O)CN)c1ccc2ccccc2c1. The van der Waals surface area contributed by atoms with Gasteiger partial charge in [-0.1, -0.05) is 56.3 Å². The Morgan fingerprint density at radius 3 is 2.53 bits per heavy atom. The predicted molar refractivity (Wildman–Crippen MR) is 79.0 cm³/mol. The third kappa shape index (κ3) is 3.12. The zero-order chi connectivity index (χ0) is 13.9. The standard InChI is InChI=1S/C16H20N2O/c1-16(2,11-18-15(19)10-17)14-8-7-12-5-3-4-6-13(12)9-14/h3-9H,10-11,17H2,1-2H3,(H,18,19). The van der Waals surface area contributed by atoms with Crippen molar-refractivity contribution >= 4 is 16.7 Å². The van der Waals surface area contributed by atoms with Gasteiger partial charge in [-0.25, -0.2) is 0 Å². The van der Waals surface area contributed by atoms with Gasteiger partial charge in [-0.15, -0.1) is 0 Å². The number of nitrogens with two attached hydrogens (primary N) is 1. The van der Waals surface area contributed by atoms with Gasteiger partial charge in [0.1, 0.15) is 0 Å². The van der Waals surface area contributed by atoms with Gasteiger partial charge in [0.25, 0.3) is 0 Å². The molecule has 2 rings (SSSR count). The molecule has 1 amide bonds. The zero-order valence-corrected chi connectivity index (χ0v) is 11.4. The van der Waals surface area contributed by atoms with Crippen LogP contribution in [-0.2, 0) is 10.2 Å². The molecule has 0 saturated carbocycles. The summed E-state index contributed by atoms with van der Waals surface area (Å²) in [7, 11) is 0. The molecule has 3 heteroatoms. The zero-order valence-electron chi connectivity index (χ0n) is 11.4. The number of hydrogen-bond donors (Lipinski definition) is 2. The molecular weight excluding hydrogens is 236 g/mol. The molecule has 19 heavy (non-hydrogen) atoms. The van der Waals surface area contributed by atoms with Crippen LogP contribution in [0.3, 0.4) is 0 Å². The quantitative estimate of drug-likeness (QED) is 0.881. The molecular formula is C16H20N2O. The Balaban J connectivity index is 2.24. The van der Waals surface area contributed by atoms with Crippen LogP contribution in [0.15, 0.2) is 42.5 Å². The molecule has 0 aliphatic heterocycles. The van der Waals surface area contributed by atoms with Crippen molar-refractivity contribution in [3.8, 4) is 0 Å². The highest BCUT2D eigenvalue weighted by Gasteiger charge is 2.21. The number of nitrogens with one attached hydrogen (secondary N) is 1. The largest absolute Gasteiger partial charge is 0.354 e. The number of rotatable bonds is 4. The molecule has 3 N–H and O–H groups in total. The topological polar surface area (TPSA) is 55.1 Å². The third-order valence-electron chi connectivity index (χ3n) is 3.44. The predicted octanol–water partition coefficient (Wildman–Crippen LogP) is 2.19. The van der Waals surface area contributed by atoms with Crippen LogP contribution in [0.5, 0.6) is 0 Å². The average Bonchev–Trinajstić information content (AvgIpc) is 2.44. The van der Waals surface area contributed by atoms with E-state index >= 15 is 0 Å². The lowest BCUT2D eigenvalue weighted by molar-refractivity contribution is -0.119. The maximum absolute atomic E-state index is 11.3. The van der Waals surface area contributed by atoms with E-state index in [2.05, 4.69) is 49.5 Å². The van der Waals surface area contributed by atoms with E-state index in [1.165, 1.54) is 16.3 Å². The second kappa shape index (κ2) is 5.41. The first-order chi connectivity index (χ1) is 9.03. The molecule has 0 unspecified atom stereocenters. The van der Waals surface area contributed by atoms with E-state index in [1.807, 2.05) is 12.1 Å². The molecule has 0 aromatic heterocycles. The van der Waals surface area contributed by atoms with Gasteiger partial charge >= 0.3 is 0 Å². The lowest BCUT2D eigenvalue weighted by Gasteiger charge is -2.26. The van der Waals surface area contributed by atoms with Crippen LogP contribution >= 0.6 is 0 Å². The number of carbonyl (C=O) groups is 1. The van der Waals surface area contributed by atoms with E-state index in [-0.39, 0.29) is 17.9 Å². The minimum absolute atomic E-state index is 0.0355. The normalized spacial score (nSPS) is 11.5. The molecule has 100 valence electrons. The second-order valence-electron chi connectivity index (χ2n) is 5.43. The molecule has 0 bridgehead atoms. The lowest BCUT2D eigenvalue weighted by atomic mass is 9.83. The summed E-state index contributed by atoms with van der Waals surface area (Å²) >= 11 is 0. The number of amides is 1. The van der Waals surface area contributed by atoms with Crippen molar-refractivity contribution in [2.45, 2.75) is 19.3 Å². The van der Waals surface area contributed by atoms with Crippen molar-refractivity contribution in [1.82, 2.24) is 5.32 Å². The summed E-state index contributed by atoms with van der Waals surface area (Å²) < 4.78 is 0. The van der Waals surface area contributed by atoms with Crippen LogP contribution in [0.4, 0.5) is 0 Å². The van der Waals surface area contributed by atoms with E-state index in [4.69, 9.17) is 5.73 Å². The fraction of sp³-hybridized carbons (Fsp3) is 0.312. The van der Waals surface area contributed by atoms with Crippen LogP contribution in [-0.4, -0.2) is 19.0 Å². The van der Waals surface area contributed by atoms with Gasteiger partial charge in [-0.3, -0.25) is 4.79 Å². The molecule has 0 radical (unpaired) electrons. The number of hydrogen-bond acceptors (Lipinski definition) is 2. The molecule has 0 fully saturated rings. The van der Waals surface area contributed by atoms with Crippen LogP contribution < -0.4 is 11.1 Å². The molecule has 0 aliphatic rings. The molecule has 0 saturated heterocycles. The van der Waals surface area contributed by atoms with Crippen molar-refractivity contribution in [3.63, 3.8) is 0 Å². The highest BCUT2D eigenvalue weighted by molar-refractivity contribution is 5.83.